The molecule has 1 saturated heterocycles. The Kier molecular flexibility index (Phi) is 4.25. The molecule has 0 spiro atoms. The van der Waals surface area contributed by atoms with Crippen LogP contribution in [-0.4, -0.2) is 32.9 Å². The van der Waals surface area contributed by atoms with Crippen molar-refractivity contribution >= 4 is 5.82 Å². The van der Waals surface area contributed by atoms with E-state index >= 15 is 0 Å². The summed E-state index contributed by atoms with van der Waals surface area (Å²) in [5, 5.41) is 0. The average molecular weight is 325 g/mol. The molecule has 1 atom stereocenters. The summed E-state index contributed by atoms with van der Waals surface area (Å²) in [5.74, 6) is 0.868. The topological polar surface area (TPSA) is 70.8 Å². The molecule has 124 valence electrons. The summed E-state index contributed by atoms with van der Waals surface area (Å²) in [7, 11) is 0. The number of halogens is 3. The first-order chi connectivity index (χ1) is 10.9. The lowest BCUT2D eigenvalue weighted by Crippen LogP contribution is -2.34. The Labute approximate surface area is 131 Å². The van der Waals surface area contributed by atoms with Crippen molar-refractivity contribution in [1.82, 2.24) is 19.9 Å². The monoisotopic (exact) mass is 325 g/mol. The zero-order valence-corrected chi connectivity index (χ0v) is 12.5. The van der Waals surface area contributed by atoms with E-state index in [0.29, 0.717) is 24.7 Å². The van der Waals surface area contributed by atoms with Gasteiger partial charge in [0.05, 0.1) is 6.20 Å². The van der Waals surface area contributed by atoms with E-state index in [1.807, 2.05) is 12.1 Å². The number of nitrogens with two attached hydrogens (primary N) is 1. The molecule has 3 N–H and O–H groups in total. The van der Waals surface area contributed by atoms with E-state index in [-0.39, 0.29) is 5.92 Å². The van der Waals surface area contributed by atoms with Gasteiger partial charge in [0.1, 0.15) is 17.3 Å². The highest BCUT2D eigenvalue weighted by Crippen LogP contribution is 2.31. The van der Waals surface area contributed by atoms with Crippen LogP contribution < -0.4 is 5.73 Å². The zero-order chi connectivity index (χ0) is 16.4. The van der Waals surface area contributed by atoms with Crippen molar-refractivity contribution in [2.24, 2.45) is 0 Å². The molecule has 1 aliphatic rings. The van der Waals surface area contributed by atoms with E-state index in [9.17, 15) is 13.2 Å². The highest BCUT2D eigenvalue weighted by Gasteiger charge is 2.34. The molecule has 0 saturated carbocycles. The predicted octanol–water partition coefficient (Wildman–Crippen LogP) is 2.79. The number of rotatable bonds is 3. The summed E-state index contributed by atoms with van der Waals surface area (Å²) in [6.07, 6.45) is -0.0900. The second-order valence-electron chi connectivity index (χ2n) is 5.84. The minimum Gasteiger partial charge on any atom is -0.384 e. The Hall–Kier alpha value is -2.09. The van der Waals surface area contributed by atoms with E-state index in [1.165, 1.54) is 0 Å². The van der Waals surface area contributed by atoms with E-state index in [2.05, 4.69) is 19.9 Å². The van der Waals surface area contributed by atoms with Gasteiger partial charge in [-0.15, -0.1) is 0 Å². The third-order valence-corrected chi connectivity index (χ3v) is 4.04. The second-order valence-corrected chi connectivity index (χ2v) is 5.84. The molecule has 2 aromatic rings. The molecule has 8 heteroatoms. The fraction of sp³-hybridized carbons (Fsp3) is 0.467. The van der Waals surface area contributed by atoms with E-state index in [0.717, 1.165) is 31.1 Å². The highest BCUT2D eigenvalue weighted by molar-refractivity contribution is 5.31. The maximum Gasteiger partial charge on any atom is 0.432 e. The van der Waals surface area contributed by atoms with Crippen LogP contribution in [0.4, 0.5) is 19.0 Å². The maximum absolute atomic E-state index is 12.7. The van der Waals surface area contributed by atoms with Crippen LogP contribution in [0.1, 0.15) is 35.8 Å². The number of nitrogens with one attached hydrogen (secondary N) is 1. The lowest BCUT2D eigenvalue weighted by Gasteiger charge is -2.31. The van der Waals surface area contributed by atoms with E-state index in [1.54, 1.807) is 6.20 Å². The van der Waals surface area contributed by atoms with Crippen molar-refractivity contribution in [3.63, 3.8) is 0 Å². The molecule has 0 amide bonds. The SMILES string of the molecule is Nc1cc(CN2CCCC(c3ncc(C(F)(F)F)[nH]3)C2)ccn1. The number of hydrogen-bond donors (Lipinski definition) is 2. The Bertz CT molecular complexity index is 667. The van der Waals surface area contributed by atoms with Crippen LogP contribution in [0.15, 0.2) is 24.5 Å². The molecule has 1 aliphatic heterocycles. The molecule has 3 heterocycles. The molecule has 0 aromatic carbocycles. The van der Waals surface area contributed by atoms with Gasteiger partial charge in [-0.1, -0.05) is 0 Å². The maximum atomic E-state index is 12.7. The number of anilines is 1. The van der Waals surface area contributed by atoms with Crippen molar-refractivity contribution in [3.05, 3.63) is 41.6 Å². The lowest BCUT2D eigenvalue weighted by molar-refractivity contribution is -0.141. The van der Waals surface area contributed by atoms with Gasteiger partial charge in [-0.3, -0.25) is 4.90 Å². The Morgan fingerprint density at radius 2 is 2.17 bits per heavy atom. The summed E-state index contributed by atoms with van der Waals surface area (Å²) in [5.41, 5.74) is 5.94. The van der Waals surface area contributed by atoms with Gasteiger partial charge < -0.3 is 10.7 Å². The Morgan fingerprint density at radius 3 is 2.87 bits per heavy atom. The van der Waals surface area contributed by atoms with Gasteiger partial charge >= 0.3 is 6.18 Å². The molecule has 0 radical (unpaired) electrons. The first-order valence-electron chi connectivity index (χ1n) is 7.46. The molecule has 1 unspecified atom stereocenters. The minimum absolute atomic E-state index is 0.0148. The zero-order valence-electron chi connectivity index (χ0n) is 12.5. The molecule has 2 aromatic heterocycles. The van der Waals surface area contributed by atoms with Crippen LogP contribution in [0.3, 0.4) is 0 Å². The van der Waals surface area contributed by atoms with Crippen molar-refractivity contribution in [2.45, 2.75) is 31.5 Å². The average Bonchev–Trinajstić information content (AvgIpc) is 2.97. The fourth-order valence-electron chi connectivity index (χ4n) is 2.96. The molecule has 0 aliphatic carbocycles. The van der Waals surface area contributed by atoms with E-state index < -0.39 is 11.9 Å². The number of nitrogen functional groups attached to an aromatic ring is 1. The highest BCUT2D eigenvalue weighted by atomic mass is 19.4. The van der Waals surface area contributed by atoms with Crippen LogP contribution in [-0.2, 0) is 12.7 Å². The number of hydrogen-bond acceptors (Lipinski definition) is 4. The summed E-state index contributed by atoms with van der Waals surface area (Å²) in [6, 6.07) is 3.72. The third kappa shape index (κ3) is 3.82. The van der Waals surface area contributed by atoms with Crippen molar-refractivity contribution in [1.29, 1.82) is 0 Å². The number of H-pyrrole nitrogens is 1. The lowest BCUT2D eigenvalue weighted by atomic mass is 9.97. The smallest absolute Gasteiger partial charge is 0.384 e. The van der Waals surface area contributed by atoms with Crippen LogP contribution in [0, 0.1) is 0 Å². The summed E-state index contributed by atoms with van der Waals surface area (Å²) in [4.78, 5) is 12.5. The summed E-state index contributed by atoms with van der Waals surface area (Å²) in [6.45, 7) is 2.29. The van der Waals surface area contributed by atoms with Gasteiger partial charge in [0.15, 0.2) is 0 Å². The van der Waals surface area contributed by atoms with Gasteiger partial charge in [0.25, 0.3) is 0 Å². The molecular weight excluding hydrogens is 307 g/mol. The Morgan fingerprint density at radius 1 is 1.35 bits per heavy atom. The van der Waals surface area contributed by atoms with E-state index in [4.69, 9.17) is 5.73 Å². The molecule has 3 rings (SSSR count). The van der Waals surface area contributed by atoms with Gasteiger partial charge in [-0.2, -0.15) is 13.2 Å². The van der Waals surface area contributed by atoms with Gasteiger partial charge in [-0.05, 0) is 37.1 Å². The van der Waals surface area contributed by atoms with Crippen molar-refractivity contribution in [3.8, 4) is 0 Å². The molecule has 0 bridgehead atoms. The number of aromatic amines is 1. The number of pyridine rings is 1. The third-order valence-electron chi connectivity index (χ3n) is 4.04. The molecule has 23 heavy (non-hydrogen) atoms. The van der Waals surface area contributed by atoms with Crippen LogP contribution in [0.2, 0.25) is 0 Å². The van der Waals surface area contributed by atoms with Crippen molar-refractivity contribution in [2.75, 3.05) is 18.8 Å². The quantitative estimate of drug-likeness (QED) is 0.910. The normalized spacial score (nSPS) is 19.9. The summed E-state index contributed by atoms with van der Waals surface area (Å²) >= 11 is 0. The summed E-state index contributed by atoms with van der Waals surface area (Å²) < 4.78 is 38.0. The van der Waals surface area contributed by atoms with Gasteiger partial charge in [-0.25, -0.2) is 9.97 Å². The molecule has 1 fully saturated rings. The van der Waals surface area contributed by atoms with Crippen LogP contribution >= 0.6 is 0 Å². The number of alkyl halides is 3. The minimum atomic E-state index is -4.38. The Balaban J connectivity index is 1.67. The van der Waals surface area contributed by atoms with Crippen LogP contribution in [0.5, 0.6) is 0 Å². The largest absolute Gasteiger partial charge is 0.432 e. The number of likely N-dealkylation sites (tertiary alicyclic amines) is 1. The number of piperidine rings is 1. The number of imidazole rings is 1. The standard InChI is InChI=1S/C15H18F3N5/c16-15(17,18)12-7-21-14(22-12)11-2-1-5-23(9-11)8-10-3-4-20-13(19)6-10/h3-4,6-7,11H,1-2,5,8-9H2,(H2,19,20)(H,21,22). The molecular formula is C15H18F3N5. The number of nitrogens with zero attached hydrogens (tertiary/aromatic N) is 3. The van der Waals surface area contributed by atoms with Gasteiger partial charge in [0.2, 0.25) is 0 Å². The molecule has 5 nitrogen and oxygen atoms in total. The predicted molar refractivity (Wildman–Crippen MR) is 79.5 cm³/mol. The first-order valence-corrected chi connectivity index (χ1v) is 7.46. The second kappa shape index (κ2) is 6.19. The van der Waals surface area contributed by atoms with Gasteiger partial charge in [0, 0.05) is 25.2 Å². The van der Waals surface area contributed by atoms with Crippen LogP contribution in [0.25, 0.3) is 0 Å². The fourth-order valence-corrected chi connectivity index (χ4v) is 2.96. The number of aromatic nitrogens is 3. The van der Waals surface area contributed by atoms with Crippen molar-refractivity contribution < 1.29 is 13.2 Å². The first kappa shape index (κ1) is 15.8.